The molecule has 156 valence electrons. The van der Waals surface area contributed by atoms with E-state index < -0.39 is 17.1 Å². The van der Waals surface area contributed by atoms with Gasteiger partial charge in [-0.05, 0) is 27.2 Å². The van der Waals surface area contributed by atoms with Gasteiger partial charge in [0.25, 0.3) is 0 Å². The number of carboxylic acid groups (broad SMARTS) is 1. The molecule has 0 bridgehead atoms. The lowest BCUT2D eigenvalue weighted by Crippen LogP contribution is -2.49. The van der Waals surface area contributed by atoms with Crippen molar-refractivity contribution in [3.8, 4) is 5.75 Å². The summed E-state index contributed by atoms with van der Waals surface area (Å²) < 4.78 is 6.43. The van der Waals surface area contributed by atoms with Crippen molar-refractivity contribution in [2.24, 2.45) is 0 Å². The molecule has 1 aromatic heterocycles. The molecule has 28 heavy (non-hydrogen) atoms. The van der Waals surface area contributed by atoms with Crippen LogP contribution in [0.15, 0.2) is 11.0 Å². The molecule has 1 amide bonds. The Morgan fingerprint density at radius 2 is 1.86 bits per heavy atom. The zero-order valence-corrected chi connectivity index (χ0v) is 16.6. The molecule has 1 aromatic rings. The summed E-state index contributed by atoms with van der Waals surface area (Å²) >= 11 is 0. The van der Waals surface area contributed by atoms with Crippen LogP contribution in [-0.2, 0) is 22.6 Å². The van der Waals surface area contributed by atoms with Gasteiger partial charge in [0.05, 0.1) is 6.20 Å². The molecule has 0 saturated carbocycles. The summed E-state index contributed by atoms with van der Waals surface area (Å²) in [5.41, 5.74) is -0.763. The van der Waals surface area contributed by atoms with Crippen molar-refractivity contribution in [3.05, 3.63) is 22.1 Å². The number of carbonyl (C=O) groups is 2. The number of carbonyl (C=O) groups excluding carboxylic acids is 1. The minimum atomic E-state index is -0.945. The molecule has 1 fully saturated rings. The number of piperazine rings is 1. The smallest absolute Gasteiger partial charge is 0.410 e. The maximum atomic E-state index is 12.2. The lowest BCUT2D eigenvalue weighted by Gasteiger charge is -2.35. The second-order valence-electron chi connectivity index (χ2n) is 7.79. The number of aromatic hydroxyl groups is 1. The van der Waals surface area contributed by atoms with Gasteiger partial charge in [-0.15, -0.1) is 0 Å². The first-order valence-corrected chi connectivity index (χ1v) is 9.27. The SMILES string of the molecule is CC(C)(C)OC(=O)N1CCN(Cc2cnn(CCCC(=O)O)c(=O)c2O)CC1. The van der Waals surface area contributed by atoms with E-state index in [0.29, 0.717) is 38.3 Å². The predicted octanol–water partition coefficient (Wildman–Crippen LogP) is 0.866. The van der Waals surface area contributed by atoms with Gasteiger partial charge in [0.2, 0.25) is 0 Å². The van der Waals surface area contributed by atoms with Crippen molar-refractivity contribution in [1.82, 2.24) is 19.6 Å². The summed E-state index contributed by atoms with van der Waals surface area (Å²) in [7, 11) is 0. The maximum absolute atomic E-state index is 12.2. The van der Waals surface area contributed by atoms with Crippen LogP contribution in [-0.4, -0.2) is 73.6 Å². The van der Waals surface area contributed by atoms with Crippen molar-refractivity contribution in [2.45, 2.75) is 52.3 Å². The number of nitrogens with zero attached hydrogens (tertiary/aromatic N) is 4. The first-order chi connectivity index (χ1) is 13.1. The lowest BCUT2D eigenvalue weighted by atomic mass is 10.2. The van der Waals surface area contributed by atoms with Gasteiger partial charge in [-0.3, -0.25) is 14.5 Å². The van der Waals surface area contributed by atoms with Crippen molar-refractivity contribution in [3.63, 3.8) is 0 Å². The molecule has 1 aliphatic rings. The minimum Gasteiger partial charge on any atom is -0.503 e. The minimum absolute atomic E-state index is 0.0709. The topological polar surface area (TPSA) is 125 Å². The molecule has 1 saturated heterocycles. The number of hydrogen-bond donors (Lipinski definition) is 2. The molecule has 10 heteroatoms. The van der Waals surface area contributed by atoms with Gasteiger partial charge >= 0.3 is 17.6 Å². The molecule has 10 nitrogen and oxygen atoms in total. The second-order valence-corrected chi connectivity index (χ2v) is 7.79. The number of hydrogen-bond acceptors (Lipinski definition) is 7. The molecule has 0 unspecified atom stereocenters. The molecule has 2 heterocycles. The van der Waals surface area contributed by atoms with Gasteiger partial charge in [-0.1, -0.05) is 0 Å². The van der Waals surface area contributed by atoms with E-state index in [9.17, 15) is 19.5 Å². The highest BCUT2D eigenvalue weighted by Crippen LogP contribution is 2.16. The monoisotopic (exact) mass is 396 g/mol. The average Bonchev–Trinajstić information content (AvgIpc) is 2.60. The Hall–Kier alpha value is -2.62. The summed E-state index contributed by atoms with van der Waals surface area (Å²) in [4.78, 5) is 38.5. The van der Waals surface area contributed by atoms with Gasteiger partial charge in [-0.2, -0.15) is 5.10 Å². The zero-order valence-electron chi connectivity index (χ0n) is 16.6. The summed E-state index contributed by atoms with van der Waals surface area (Å²) in [6.45, 7) is 8.09. The van der Waals surface area contributed by atoms with Crippen LogP contribution < -0.4 is 5.56 Å². The Kier molecular flexibility index (Phi) is 7.00. The number of amides is 1. The highest BCUT2D eigenvalue weighted by Gasteiger charge is 2.26. The largest absolute Gasteiger partial charge is 0.503 e. The lowest BCUT2D eigenvalue weighted by molar-refractivity contribution is -0.137. The van der Waals surface area contributed by atoms with Gasteiger partial charge in [0, 0.05) is 51.3 Å². The quantitative estimate of drug-likeness (QED) is 0.725. The molecular weight excluding hydrogens is 368 g/mol. The highest BCUT2D eigenvalue weighted by molar-refractivity contribution is 5.68. The molecule has 0 spiro atoms. The maximum Gasteiger partial charge on any atom is 0.410 e. The normalized spacial score (nSPS) is 15.5. The number of rotatable bonds is 6. The van der Waals surface area contributed by atoms with E-state index in [2.05, 4.69) is 5.10 Å². The molecule has 0 aromatic carbocycles. The van der Waals surface area contributed by atoms with Gasteiger partial charge < -0.3 is 19.8 Å². The average molecular weight is 396 g/mol. The van der Waals surface area contributed by atoms with Crippen LogP contribution >= 0.6 is 0 Å². The van der Waals surface area contributed by atoms with Gasteiger partial charge in [-0.25, -0.2) is 9.48 Å². The Bertz CT molecular complexity index is 762. The van der Waals surface area contributed by atoms with Gasteiger partial charge in [0.15, 0.2) is 5.75 Å². The molecule has 0 aliphatic carbocycles. The highest BCUT2D eigenvalue weighted by atomic mass is 16.6. The molecular formula is C18H28N4O6. The van der Waals surface area contributed by atoms with E-state index >= 15 is 0 Å². The van der Waals surface area contributed by atoms with E-state index in [1.165, 1.54) is 6.20 Å². The first kappa shape index (κ1) is 21.7. The van der Waals surface area contributed by atoms with E-state index in [4.69, 9.17) is 9.84 Å². The van der Waals surface area contributed by atoms with Crippen LogP contribution in [0, 0.1) is 0 Å². The summed E-state index contributed by atoms with van der Waals surface area (Å²) in [5.74, 6) is -1.32. The third kappa shape index (κ3) is 6.22. The fourth-order valence-corrected chi connectivity index (χ4v) is 2.82. The predicted molar refractivity (Wildman–Crippen MR) is 100 cm³/mol. The third-order valence-corrected chi connectivity index (χ3v) is 4.27. The third-order valence-electron chi connectivity index (χ3n) is 4.27. The summed E-state index contributed by atoms with van der Waals surface area (Å²) in [6, 6.07) is 0. The Morgan fingerprint density at radius 1 is 1.21 bits per heavy atom. The molecule has 2 rings (SSSR count). The Morgan fingerprint density at radius 3 is 2.43 bits per heavy atom. The van der Waals surface area contributed by atoms with Crippen LogP contribution in [0.5, 0.6) is 5.75 Å². The fraction of sp³-hybridized carbons (Fsp3) is 0.667. The zero-order chi connectivity index (χ0) is 20.9. The van der Waals surface area contributed by atoms with Crippen LogP contribution in [0.25, 0.3) is 0 Å². The van der Waals surface area contributed by atoms with E-state index in [1.807, 2.05) is 25.7 Å². The van der Waals surface area contributed by atoms with E-state index in [0.717, 1.165) is 4.68 Å². The van der Waals surface area contributed by atoms with Crippen LogP contribution in [0.2, 0.25) is 0 Å². The van der Waals surface area contributed by atoms with Crippen LogP contribution in [0.1, 0.15) is 39.2 Å². The summed E-state index contributed by atoms with van der Waals surface area (Å²) in [5, 5.41) is 22.9. The number of ether oxygens (including phenoxy) is 1. The number of aryl methyl sites for hydroxylation is 1. The second kappa shape index (κ2) is 9.05. The van der Waals surface area contributed by atoms with Crippen molar-refractivity contribution in [1.29, 1.82) is 0 Å². The summed E-state index contributed by atoms with van der Waals surface area (Å²) in [6.07, 6.45) is 1.27. The van der Waals surface area contributed by atoms with E-state index in [-0.39, 0.29) is 31.2 Å². The number of aliphatic carboxylic acids is 1. The van der Waals surface area contributed by atoms with Crippen molar-refractivity contribution < 1.29 is 24.5 Å². The van der Waals surface area contributed by atoms with Crippen molar-refractivity contribution in [2.75, 3.05) is 26.2 Å². The standard InChI is InChI=1S/C18H28N4O6/c1-18(2,3)28-17(27)21-9-7-20(8-10-21)12-13-11-19-22(16(26)15(13)25)6-4-5-14(23)24/h11,25H,4-10,12H2,1-3H3,(H,23,24). The number of carboxylic acids is 1. The van der Waals surface area contributed by atoms with Crippen molar-refractivity contribution >= 4 is 12.1 Å². The van der Waals surface area contributed by atoms with Gasteiger partial charge in [0.1, 0.15) is 5.60 Å². The van der Waals surface area contributed by atoms with Crippen LogP contribution in [0.4, 0.5) is 4.79 Å². The molecule has 0 radical (unpaired) electrons. The number of aromatic nitrogens is 2. The molecule has 0 atom stereocenters. The van der Waals surface area contributed by atoms with Crippen LogP contribution in [0.3, 0.4) is 0 Å². The van der Waals surface area contributed by atoms with E-state index in [1.54, 1.807) is 4.90 Å². The Labute approximate surface area is 163 Å². The fourth-order valence-electron chi connectivity index (χ4n) is 2.82. The first-order valence-electron chi connectivity index (χ1n) is 9.27. The molecule has 2 N–H and O–H groups in total. The molecule has 1 aliphatic heterocycles. The Balaban J connectivity index is 1.91.